The minimum Gasteiger partial charge on any atom is -0.494 e. The molecule has 4 rings (SSSR count). The minimum absolute atomic E-state index is 0.0523. The van der Waals surface area contributed by atoms with E-state index in [0.29, 0.717) is 29.4 Å². The first-order valence-corrected chi connectivity index (χ1v) is 13.8. The number of ether oxygens (including phenoxy) is 1. The maximum absolute atomic E-state index is 12.7. The van der Waals surface area contributed by atoms with Gasteiger partial charge in [0.1, 0.15) is 17.1 Å². The zero-order chi connectivity index (χ0) is 25.2. The van der Waals surface area contributed by atoms with Gasteiger partial charge in [0.25, 0.3) is 0 Å². The monoisotopic (exact) mass is 507 g/mol. The molecule has 0 radical (unpaired) electrons. The van der Waals surface area contributed by atoms with E-state index in [2.05, 4.69) is 18.3 Å². The van der Waals surface area contributed by atoms with E-state index in [9.17, 15) is 4.79 Å². The Morgan fingerprint density at radius 1 is 1.06 bits per heavy atom. The zero-order valence-corrected chi connectivity index (χ0v) is 22.1. The van der Waals surface area contributed by atoms with Gasteiger partial charge in [0.2, 0.25) is 0 Å². The van der Waals surface area contributed by atoms with E-state index in [-0.39, 0.29) is 10.8 Å². The molecule has 1 N–H and O–H groups in total. The molecular formula is C31H38ClNO3. The maximum atomic E-state index is 12.7. The molecular weight excluding hydrogens is 470 g/mol. The second-order valence-corrected chi connectivity index (χ2v) is 10.6. The predicted molar refractivity (Wildman–Crippen MR) is 150 cm³/mol. The molecule has 192 valence electrons. The average molecular weight is 508 g/mol. The predicted octanol–water partition coefficient (Wildman–Crippen LogP) is 7.88. The summed E-state index contributed by atoms with van der Waals surface area (Å²) in [5.41, 5.74) is 3.02. The van der Waals surface area contributed by atoms with Crippen LogP contribution in [0.5, 0.6) is 5.75 Å². The van der Waals surface area contributed by atoms with Crippen LogP contribution in [0.25, 0.3) is 22.3 Å². The summed E-state index contributed by atoms with van der Waals surface area (Å²) in [5.74, 6) is 1.30. The van der Waals surface area contributed by atoms with Crippen molar-refractivity contribution in [2.75, 3.05) is 13.2 Å². The molecule has 1 aliphatic heterocycles. The first-order chi connectivity index (χ1) is 17.6. The fourth-order valence-electron chi connectivity index (χ4n) is 4.87. The number of rotatable bonds is 13. The second kappa shape index (κ2) is 13.7. The van der Waals surface area contributed by atoms with E-state index in [1.54, 1.807) is 17.7 Å². The van der Waals surface area contributed by atoms with Crippen molar-refractivity contribution in [1.29, 1.82) is 0 Å². The van der Waals surface area contributed by atoms with Crippen molar-refractivity contribution in [3.8, 4) is 17.1 Å². The van der Waals surface area contributed by atoms with Gasteiger partial charge in [-0.1, -0.05) is 61.2 Å². The highest BCUT2D eigenvalue weighted by Gasteiger charge is 2.14. The van der Waals surface area contributed by atoms with E-state index in [1.807, 2.05) is 42.5 Å². The van der Waals surface area contributed by atoms with Gasteiger partial charge in [0.15, 0.2) is 5.43 Å². The number of hydrogen-bond acceptors (Lipinski definition) is 4. The Labute approximate surface area is 219 Å². The van der Waals surface area contributed by atoms with Crippen LogP contribution in [-0.4, -0.2) is 24.6 Å². The molecule has 2 unspecified atom stereocenters. The van der Waals surface area contributed by atoms with Crippen molar-refractivity contribution in [3.05, 3.63) is 76.5 Å². The fourth-order valence-corrected chi connectivity index (χ4v) is 5.02. The summed E-state index contributed by atoms with van der Waals surface area (Å²) in [5, 5.41) is 4.48. The van der Waals surface area contributed by atoms with E-state index in [4.69, 9.17) is 20.8 Å². The molecule has 0 amide bonds. The lowest BCUT2D eigenvalue weighted by Crippen LogP contribution is -2.33. The summed E-state index contributed by atoms with van der Waals surface area (Å²) in [6, 6.07) is 17.4. The number of nitrogens with one attached hydrogen (secondary N) is 1. The van der Waals surface area contributed by atoms with Crippen LogP contribution in [0.15, 0.2) is 75.5 Å². The lowest BCUT2D eigenvalue weighted by atomic mass is 9.94. The van der Waals surface area contributed by atoms with Crippen LogP contribution in [0.4, 0.5) is 0 Å². The summed E-state index contributed by atoms with van der Waals surface area (Å²) in [6.07, 6.45) is 12.9. The van der Waals surface area contributed by atoms with Crippen LogP contribution in [0.2, 0.25) is 0 Å². The Morgan fingerprint density at radius 3 is 2.72 bits per heavy atom. The van der Waals surface area contributed by atoms with E-state index < -0.39 is 0 Å². The van der Waals surface area contributed by atoms with E-state index in [1.165, 1.54) is 38.5 Å². The summed E-state index contributed by atoms with van der Waals surface area (Å²) in [4.78, 5) is 12.7. The number of alkyl halides is 1. The van der Waals surface area contributed by atoms with Gasteiger partial charge in [-0.15, -0.1) is 11.6 Å². The third-order valence-electron chi connectivity index (χ3n) is 6.88. The quantitative estimate of drug-likeness (QED) is 0.145. The van der Waals surface area contributed by atoms with Gasteiger partial charge in [-0.05, 0) is 63.6 Å². The summed E-state index contributed by atoms with van der Waals surface area (Å²) in [6.45, 7) is 3.74. The van der Waals surface area contributed by atoms with Gasteiger partial charge in [-0.25, -0.2) is 0 Å². The highest BCUT2D eigenvalue weighted by atomic mass is 35.5. The van der Waals surface area contributed by atoms with Gasteiger partial charge in [-0.3, -0.25) is 4.79 Å². The molecule has 3 aromatic rings. The van der Waals surface area contributed by atoms with Gasteiger partial charge >= 0.3 is 0 Å². The lowest BCUT2D eigenvalue weighted by molar-refractivity contribution is 0.304. The highest BCUT2D eigenvalue weighted by molar-refractivity contribution is 6.20. The van der Waals surface area contributed by atoms with Crippen LogP contribution < -0.4 is 15.5 Å². The first kappa shape index (κ1) is 26.5. The van der Waals surface area contributed by atoms with Gasteiger partial charge < -0.3 is 14.5 Å². The van der Waals surface area contributed by atoms with E-state index >= 15 is 0 Å². The number of hydrogen-bond donors (Lipinski definition) is 1. The van der Waals surface area contributed by atoms with Crippen LogP contribution in [-0.2, 0) is 0 Å². The summed E-state index contributed by atoms with van der Waals surface area (Å²) in [7, 11) is 0. The first-order valence-electron chi connectivity index (χ1n) is 13.4. The highest BCUT2D eigenvalue weighted by Crippen LogP contribution is 2.25. The number of benzene rings is 2. The smallest absolute Gasteiger partial charge is 0.193 e. The fraction of sp³-hybridized carbons (Fsp3) is 0.452. The van der Waals surface area contributed by atoms with Crippen LogP contribution >= 0.6 is 11.6 Å². The van der Waals surface area contributed by atoms with Crippen molar-refractivity contribution >= 4 is 22.6 Å². The molecule has 0 bridgehead atoms. The molecule has 1 aromatic heterocycles. The molecule has 2 atom stereocenters. The molecule has 2 aromatic carbocycles. The molecule has 0 saturated heterocycles. The van der Waals surface area contributed by atoms with Gasteiger partial charge in [0, 0.05) is 29.6 Å². The van der Waals surface area contributed by atoms with Crippen LogP contribution in [0.3, 0.4) is 0 Å². The Balaban J connectivity index is 1.15. The minimum atomic E-state index is -0.0523. The van der Waals surface area contributed by atoms with Crippen molar-refractivity contribution in [3.63, 3.8) is 0 Å². The maximum Gasteiger partial charge on any atom is 0.193 e. The topological polar surface area (TPSA) is 51.5 Å². The van der Waals surface area contributed by atoms with Gasteiger partial charge in [-0.2, -0.15) is 0 Å². The van der Waals surface area contributed by atoms with Crippen LogP contribution in [0.1, 0.15) is 64.7 Å². The Hall–Kier alpha value is -2.56. The molecule has 36 heavy (non-hydrogen) atoms. The van der Waals surface area contributed by atoms with Crippen molar-refractivity contribution in [2.45, 2.75) is 76.1 Å². The molecule has 0 aliphatic carbocycles. The normalized spacial score (nSPS) is 16.6. The Morgan fingerprint density at radius 2 is 1.89 bits per heavy atom. The number of unbranched alkanes of at least 4 members (excludes halogenated alkanes) is 3. The molecule has 5 heteroatoms. The average Bonchev–Trinajstić information content (AvgIpc) is 2.89. The molecule has 4 nitrogen and oxygen atoms in total. The summed E-state index contributed by atoms with van der Waals surface area (Å²) >= 11 is 6.08. The molecule has 2 heterocycles. The molecule has 1 aliphatic rings. The Kier molecular flexibility index (Phi) is 10.1. The third-order valence-corrected chi connectivity index (χ3v) is 7.10. The Bertz CT molecular complexity index is 1190. The third kappa shape index (κ3) is 7.97. The van der Waals surface area contributed by atoms with Crippen LogP contribution in [0, 0.1) is 0 Å². The molecule has 0 saturated carbocycles. The standard InChI is InChI=1S/C31H38ClNO3/c1-23(32)10-9-11-24-17-18-33-26(20-24)14-7-2-3-8-19-35-27-15-16-30-28(21-27)29(34)22-31(36-30)25-12-5-4-6-13-25/h4-6,12-13,15-17,21-23,26,33H,2-3,7-11,14,18-20H2,1H3. The molecule has 0 fully saturated rings. The summed E-state index contributed by atoms with van der Waals surface area (Å²) < 4.78 is 11.9. The van der Waals surface area contributed by atoms with Crippen molar-refractivity contribution in [2.24, 2.45) is 0 Å². The SMILES string of the molecule is CC(Cl)CCCC1=CCNC(CCCCCCOc2ccc3oc(-c4ccccc4)cc(=O)c3c2)C1. The molecule has 0 spiro atoms. The number of fused-ring (bicyclic) bond motifs is 1. The lowest BCUT2D eigenvalue weighted by Gasteiger charge is -2.24. The van der Waals surface area contributed by atoms with E-state index in [0.717, 1.165) is 37.1 Å². The zero-order valence-electron chi connectivity index (χ0n) is 21.3. The van der Waals surface area contributed by atoms with Crippen molar-refractivity contribution < 1.29 is 9.15 Å². The van der Waals surface area contributed by atoms with Gasteiger partial charge in [0.05, 0.1) is 12.0 Å². The number of halogens is 1. The second-order valence-electron chi connectivity index (χ2n) is 9.89. The largest absolute Gasteiger partial charge is 0.494 e. The van der Waals surface area contributed by atoms with Crippen molar-refractivity contribution in [1.82, 2.24) is 5.32 Å².